The normalized spacial score (nSPS) is 10.1. The van der Waals surface area contributed by atoms with E-state index in [1.165, 1.54) is 11.3 Å². The Morgan fingerprint density at radius 2 is 2.00 bits per heavy atom. The third kappa shape index (κ3) is 3.27. The number of ketones is 1. The lowest BCUT2D eigenvalue weighted by Gasteiger charge is -2.11. The Balaban J connectivity index is 2.12. The lowest BCUT2D eigenvalue weighted by molar-refractivity contribution is 0.0925. The summed E-state index contributed by atoms with van der Waals surface area (Å²) in [6.07, 6.45) is 0. The van der Waals surface area contributed by atoms with Gasteiger partial charge in [-0.2, -0.15) is 5.26 Å². The van der Waals surface area contributed by atoms with Crippen molar-refractivity contribution in [2.24, 2.45) is 0 Å². The van der Waals surface area contributed by atoms with E-state index in [-0.39, 0.29) is 12.4 Å². The predicted octanol–water partition coefficient (Wildman–Crippen LogP) is 4.26. The van der Waals surface area contributed by atoms with Gasteiger partial charge in [0.1, 0.15) is 5.75 Å². The van der Waals surface area contributed by atoms with Gasteiger partial charge in [0.05, 0.1) is 20.3 Å². The summed E-state index contributed by atoms with van der Waals surface area (Å²) in [6.45, 7) is 3.74. The molecule has 0 aliphatic rings. The second kappa shape index (κ2) is 6.21. The molecule has 0 saturated carbocycles. The fraction of sp³-hybridized carbons (Fsp3) is 0.200. The minimum Gasteiger partial charge on any atom is -0.485 e. The molecule has 0 atom stereocenters. The molecular weight excluding hydrogens is 338 g/mol. The molecule has 1 heterocycles. The van der Waals surface area contributed by atoms with Gasteiger partial charge in [-0.05, 0) is 65.2 Å². The number of Topliss-reactive ketones (excluding diaryl/α,β-unsaturated/α-hetero) is 1. The van der Waals surface area contributed by atoms with E-state index in [0.717, 1.165) is 14.9 Å². The van der Waals surface area contributed by atoms with Crippen LogP contribution in [0.3, 0.4) is 0 Å². The smallest absolute Gasteiger partial charge is 0.210 e. The van der Waals surface area contributed by atoms with Crippen molar-refractivity contribution in [1.82, 2.24) is 0 Å². The Morgan fingerprint density at radius 3 is 2.50 bits per heavy atom. The van der Waals surface area contributed by atoms with Crippen LogP contribution in [0, 0.1) is 25.2 Å². The fourth-order valence-corrected chi connectivity index (χ4v) is 3.23. The SMILES string of the molecule is Cc1cc(C#N)cc(C)c1OCC(=O)c1ccc(Br)s1. The molecular formula is C15H12BrNO2S. The van der Waals surface area contributed by atoms with E-state index in [0.29, 0.717) is 16.2 Å². The highest BCUT2D eigenvalue weighted by molar-refractivity contribution is 9.11. The van der Waals surface area contributed by atoms with Gasteiger partial charge in [0.2, 0.25) is 5.78 Å². The van der Waals surface area contributed by atoms with Gasteiger partial charge in [0, 0.05) is 0 Å². The third-order valence-corrected chi connectivity index (χ3v) is 4.45. The van der Waals surface area contributed by atoms with Crippen molar-refractivity contribution in [3.05, 3.63) is 49.6 Å². The average molecular weight is 350 g/mol. The molecule has 102 valence electrons. The zero-order chi connectivity index (χ0) is 14.7. The Kier molecular flexibility index (Phi) is 4.58. The largest absolute Gasteiger partial charge is 0.485 e. The Hall–Kier alpha value is -1.64. The molecule has 1 aromatic heterocycles. The minimum atomic E-state index is -0.0520. The minimum absolute atomic E-state index is 0.000529. The molecule has 0 aliphatic heterocycles. The highest BCUT2D eigenvalue weighted by atomic mass is 79.9. The van der Waals surface area contributed by atoms with Gasteiger partial charge in [-0.3, -0.25) is 4.79 Å². The summed E-state index contributed by atoms with van der Waals surface area (Å²) in [7, 11) is 0. The number of rotatable bonds is 4. The lowest BCUT2D eigenvalue weighted by Crippen LogP contribution is -2.11. The van der Waals surface area contributed by atoms with Crippen LogP contribution in [0.1, 0.15) is 26.4 Å². The summed E-state index contributed by atoms with van der Waals surface area (Å²) >= 11 is 4.72. The molecule has 0 unspecified atom stereocenters. The number of benzene rings is 1. The molecule has 20 heavy (non-hydrogen) atoms. The van der Waals surface area contributed by atoms with Crippen molar-refractivity contribution in [2.75, 3.05) is 6.61 Å². The number of carbonyl (C=O) groups is 1. The van der Waals surface area contributed by atoms with Crippen molar-refractivity contribution < 1.29 is 9.53 Å². The Morgan fingerprint density at radius 1 is 1.35 bits per heavy atom. The maximum atomic E-state index is 12.0. The number of hydrogen-bond donors (Lipinski definition) is 0. The number of nitriles is 1. The quantitative estimate of drug-likeness (QED) is 0.774. The zero-order valence-electron chi connectivity index (χ0n) is 11.1. The van der Waals surface area contributed by atoms with Gasteiger partial charge >= 0.3 is 0 Å². The van der Waals surface area contributed by atoms with Crippen molar-refractivity contribution in [2.45, 2.75) is 13.8 Å². The van der Waals surface area contributed by atoms with Crippen LogP contribution in [0.5, 0.6) is 5.75 Å². The first-order chi connectivity index (χ1) is 9.51. The maximum Gasteiger partial charge on any atom is 0.210 e. The van der Waals surface area contributed by atoms with Crippen molar-refractivity contribution in [3.63, 3.8) is 0 Å². The van der Waals surface area contributed by atoms with Crippen molar-refractivity contribution in [3.8, 4) is 11.8 Å². The first-order valence-corrected chi connectivity index (χ1v) is 7.55. The second-order valence-electron chi connectivity index (χ2n) is 4.37. The van der Waals surface area contributed by atoms with E-state index in [4.69, 9.17) is 10.00 Å². The van der Waals surface area contributed by atoms with Gasteiger partial charge in [0.15, 0.2) is 6.61 Å². The van der Waals surface area contributed by atoms with Crippen LogP contribution in [-0.4, -0.2) is 12.4 Å². The van der Waals surface area contributed by atoms with Crippen molar-refractivity contribution in [1.29, 1.82) is 5.26 Å². The molecule has 0 fully saturated rings. The maximum absolute atomic E-state index is 12.0. The molecule has 0 amide bonds. The summed E-state index contributed by atoms with van der Waals surface area (Å²) in [4.78, 5) is 12.7. The summed E-state index contributed by atoms with van der Waals surface area (Å²) in [6, 6.07) is 9.24. The van der Waals surface area contributed by atoms with Gasteiger partial charge in [0.25, 0.3) is 0 Å². The van der Waals surface area contributed by atoms with E-state index < -0.39 is 0 Å². The summed E-state index contributed by atoms with van der Waals surface area (Å²) < 4.78 is 6.55. The standard InChI is InChI=1S/C15H12BrNO2S/c1-9-5-11(7-17)6-10(2)15(9)19-8-12(18)13-3-4-14(16)20-13/h3-6H,8H2,1-2H3. The lowest BCUT2D eigenvalue weighted by atomic mass is 10.1. The van der Waals surface area contributed by atoms with E-state index in [2.05, 4.69) is 22.0 Å². The Bertz CT molecular complexity index is 677. The average Bonchev–Trinajstić information content (AvgIpc) is 2.84. The molecule has 0 N–H and O–H groups in total. The van der Waals surface area contributed by atoms with Gasteiger partial charge in [-0.1, -0.05) is 0 Å². The van der Waals surface area contributed by atoms with Crippen LogP contribution in [0.15, 0.2) is 28.1 Å². The van der Waals surface area contributed by atoms with Crippen LogP contribution >= 0.6 is 27.3 Å². The number of aryl methyl sites for hydroxylation is 2. The topological polar surface area (TPSA) is 50.1 Å². The highest BCUT2D eigenvalue weighted by Gasteiger charge is 2.12. The van der Waals surface area contributed by atoms with E-state index in [9.17, 15) is 4.79 Å². The van der Waals surface area contributed by atoms with Gasteiger partial charge in [-0.15, -0.1) is 11.3 Å². The first kappa shape index (κ1) is 14.8. The first-order valence-electron chi connectivity index (χ1n) is 5.94. The molecule has 0 spiro atoms. The van der Waals surface area contributed by atoms with Crippen LogP contribution in [0.25, 0.3) is 0 Å². The number of thiophene rings is 1. The molecule has 2 rings (SSSR count). The van der Waals surface area contributed by atoms with E-state index in [1.54, 1.807) is 18.2 Å². The number of hydrogen-bond acceptors (Lipinski definition) is 4. The number of ether oxygens (including phenoxy) is 1. The summed E-state index contributed by atoms with van der Waals surface area (Å²) in [5, 5.41) is 8.90. The van der Waals surface area contributed by atoms with Crippen LogP contribution < -0.4 is 4.74 Å². The summed E-state index contributed by atoms with van der Waals surface area (Å²) in [5.74, 6) is 0.622. The summed E-state index contributed by atoms with van der Waals surface area (Å²) in [5.41, 5.74) is 2.32. The number of halogens is 1. The molecule has 1 aromatic carbocycles. The number of carbonyl (C=O) groups excluding carboxylic acids is 1. The second-order valence-corrected chi connectivity index (χ2v) is 6.83. The predicted molar refractivity (Wildman–Crippen MR) is 82.5 cm³/mol. The Labute approximate surface area is 129 Å². The van der Waals surface area contributed by atoms with Gasteiger partial charge in [-0.25, -0.2) is 0 Å². The third-order valence-electron chi connectivity index (χ3n) is 2.79. The highest BCUT2D eigenvalue weighted by Crippen LogP contribution is 2.26. The van der Waals surface area contributed by atoms with Crippen LogP contribution in [-0.2, 0) is 0 Å². The van der Waals surface area contributed by atoms with E-state index in [1.807, 2.05) is 19.9 Å². The van der Waals surface area contributed by atoms with Gasteiger partial charge < -0.3 is 4.74 Å². The molecule has 0 saturated heterocycles. The van der Waals surface area contributed by atoms with Crippen molar-refractivity contribution >= 4 is 33.0 Å². The molecule has 2 aromatic rings. The molecule has 0 aliphatic carbocycles. The van der Waals surface area contributed by atoms with E-state index >= 15 is 0 Å². The fourth-order valence-electron chi connectivity index (χ4n) is 1.92. The number of nitrogens with zero attached hydrogens (tertiary/aromatic N) is 1. The monoisotopic (exact) mass is 349 g/mol. The molecule has 0 bridgehead atoms. The molecule has 5 heteroatoms. The molecule has 0 radical (unpaired) electrons. The molecule has 3 nitrogen and oxygen atoms in total. The van der Waals surface area contributed by atoms with Crippen LogP contribution in [0.2, 0.25) is 0 Å². The van der Waals surface area contributed by atoms with Crippen LogP contribution in [0.4, 0.5) is 0 Å². The zero-order valence-corrected chi connectivity index (χ0v) is 13.5.